The SMILES string of the molecule is CCCCCCCCC=CCCCCCCCC(=O)OCC(C)(COC(=O)CCCCCCCC=CCCCCCCCC)C(=O)OC(=O)CCCCCCCC=CCCCCCCCC. The molecule has 0 saturated carbocycles. The number of ether oxygens (including phenoxy) is 3. The monoisotopic (exact) mass is 927 g/mol. The van der Waals surface area contributed by atoms with Gasteiger partial charge in [-0.2, -0.15) is 0 Å². The zero-order chi connectivity index (χ0) is 48.3. The van der Waals surface area contributed by atoms with Crippen molar-refractivity contribution in [2.75, 3.05) is 13.2 Å². The first kappa shape index (κ1) is 63.3. The highest BCUT2D eigenvalue weighted by Crippen LogP contribution is 2.23. The summed E-state index contributed by atoms with van der Waals surface area (Å²) < 4.78 is 16.5. The molecule has 0 aliphatic heterocycles. The summed E-state index contributed by atoms with van der Waals surface area (Å²) in [6, 6.07) is 0. The van der Waals surface area contributed by atoms with Crippen molar-refractivity contribution in [1.29, 1.82) is 0 Å². The minimum absolute atomic E-state index is 0.143. The van der Waals surface area contributed by atoms with Crippen molar-refractivity contribution in [3.63, 3.8) is 0 Å². The Kier molecular flexibility index (Phi) is 48.1. The summed E-state index contributed by atoms with van der Waals surface area (Å²) >= 11 is 0. The second kappa shape index (κ2) is 50.2. The largest absolute Gasteiger partial charge is 0.464 e. The Bertz CT molecular complexity index is 1150. The molecule has 0 saturated heterocycles. The van der Waals surface area contributed by atoms with Gasteiger partial charge in [0.1, 0.15) is 18.6 Å². The van der Waals surface area contributed by atoms with E-state index in [2.05, 4.69) is 57.2 Å². The molecule has 0 amide bonds. The minimum atomic E-state index is -1.48. The fourth-order valence-corrected chi connectivity index (χ4v) is 8.08. The molecule has 0 aromatic rings. The van der Waals surface area contributed by atoms with Gasteiger partial charge in [-0.1, -0.05) is 211 Å². The fraction of sp³-hybridized carbons (Fsp3) is 0.831. The van der Waals surface area contributed by atoms with Crippen LogP contribution >= 0.6 is 0 Å². The molecular formula is C59H106O7. The number of rotatable bonds is 50. The van der Waals surface area contributed by atoms with E-state index in [1.807, 2.05) is 0 Å². The van der Waals surface area contributed by atoms with Crippen LogP contribution in [-0.4, -0.2) is 37.1 Å². The van der Waals surface area contributed by atoms with Gasteiger partial charge in [-0.3, -0.25) is 19.2 Å². The standard InChI is InChI=1S/C59H106O7/c1-5-8-11-14-17-20-23-26-29-32-35-38-41-44-47-50-55(60)64-53-59(4,54-65-56(61)51-48-45-42-39-36-33-30-27-24-21-18-15-12-9-6-2)58(63)66-57(62)52-49-46-43-40-37-34-31-28-25-22-19-16-13-10-7-3/h26-31H,5-25,32-54H2,1-4H3. The summed E-state index contributed by atoms with van der Waals surface area (Å²) in [5.74, 6) is -2.21. The maximum Gasteiger partial charge on any atom is 0.326 e. The Morgan fingerprint density at radius 2 is 0.545 bits per heavy atom. The van der Waals surface area contributed by atoms with Gasteiger partial charge in [0.25, 0.3) is 0 Å². The first-order chi connectivity index (χ1) is 32.3. The smallest absolute Gasteiger partial charge is 0.326 e. The molecule has 0 atom stereocenters. The van der Waals surface area contributed by atoms with E-state index < -0.39 is 29.3 Å². The van der Waals surface area contributed by atoms with Gasteiger partial charge < -0.3 is 14.2 Å². The molecule has 0 aromatic carbocycles. The van der Waals surface area contributed by atoms with Crippen LogP contribution in [0.4, 0.5) is 0 Å². The number of carbonyl (C=O) groups is 4. The zero-order valence-corrected chi connectivity index (χ0v) is 43.9. The van der Waals surface area contributed by atoms with Crippen LogP contribution in [-0.2, 0) is 33.4 Å². The van der Waals surface area contributed by atoms with Gasteiger partial charge in [-0.25, -0.2) is 0 Å². The topological polar surface area (TPSA) is 96.0 Å². The third-order valence-corrected chi connectivity index (χ3v) is 12.7. The number of carbonyl (C=O) groups excluding carboxylic acids is 4. The Labute approximate surface area is 408 Å². The van der Waals surface area contributed by atoms with Crippen LogP contribution < -0.4 is 0 Å². The summed E-state index contributed by atoms with van der Waals surface area (Å²) in [5.41, 5.74) is -1.48. The van der Waals surface area contributed by atoms with Crippen LogP contribution in [0.15, 0.2) is 36.5 Å². The Hall–Kier alpha value is -2.70. The number of hydrogen-bond donors (Lipinski definition) is 0. The molecule has 0 bridgehead atoms. The molecular weight excluding hydrogens is 821 g/mol. The van der Waals surface area contributed by atoms with Crippen molar-refractivity contribution >= 4 is 23.9 Å². The molecule has 0 rings (SSSR count). The van der Waals surface area contributed by atoms with Crippen molar-refractivity contribution in [1.82, 2.24) is 0 Å². The van der Waals surface area contributed by atoms with E-state index in [1.165, 1.54) is 135 Å². The van der Waals surface area contributed by atoms with Gasteiger partial charge in [-0.05, 0) is 103 Å². The molecule has 7 heteroatoms. The summed E-state index contributed by atoms with van der Waals surface area (Å²) in [6.07, 6.45) is 60.2. The van der Waals surface area contributed by atoms with Gasteiger partial charge in [0, 0.05) is 19.3 Å². The van der Waals surface area contributed by atoms with E-state index >= 15 is 0 Å². The first-order valence-electron chi connectivity index (χ1n) is 28.3. The highest BCUT2D eigenvalue weighted by molar-refractivity contribution is 5.89. The normalized spacial score (nSPS) is 12.7. The molecule has 7 nitrogen and oxygen atoms in total. The van der Waals surface area contributed by atoms with Crippen molar-refractivity contribution in [3.8, 4) is 0 Å². The van der Waals surface area contributed by atoms with Gasteiger partial charge in [0.05, 0.1) is 0 Å². The molecule has 0 N–H and O–H groups in total. The van der Waals surface area contributed by atoms with E-state index in [0.717, 1.165) is 96.3 Å². The Morgan fingerprint density at radius 3 is 0.818 bits per heavy atom. The predicted octanol–water partition coefficient (Wildman–Crippen LogP) is 18.3. The van der Waals surface area contributed by atoms with Gasteiger partial charge in [0.15, 0.2) is 0 Å². The molecule has 0 aliphatic carbocycles. The molecule has 0 aliphatic rings. The van der Waals surface area contributed by atoms with Crippen molar-refractivity contribution < 1.29 is 33.4 Å². The number of allylic oxidation sites excluding steroid dienone is 6. The van der Waals surface area contributed by atoms with Gasteiger partial charge in [-0.15, -0.1) is 0 Å². The lowest BCUT2D eigenvalue weighted by molar-refractivity contribution is -0.175. The van der Waals surface area contributed by atoms with Crippen LogP contribution in [0.25, 0.3) is 0 Å². The van der Waals surface area contributed by atoms with Crippen LogP contribution in [0.5, 0.6) is 0 Å². The molecule has 0 heterocycles. The summed E-state index contributed by atoms with van der Waals surface area (Å²) in [5, 5.41) is 0. The summed E-state index contributed by atoms with van der Waals surface area (Å²) in [7, 11) is 0. The lowest BCUT2D eigenvalue weighted by Gasteiger charge is -2.26. The molecule has 0 aromatic heterocycles. The third-order valence-electron chi connectivity index (χ3n) is 12.7. The fourth-order valence-electron chi connectivity index (χ4n) is 8.08. The average Bonchev–Trinajstić information content (AvgIpc) is 3.31. The molecule has 0 radical (unpaired) electrons. The molecule has 0 unspecified atom stereocenters. The summed E-state index contributed by atoms with van der Waals surface area (Å²) in [6.45, 7) is 7.70. The Balaban J connectivity index is 4.64. The lowest BCUT2D eigenvalue weighted by Crippen LogP contribution is -2.41. The molecule has 66 heavy (non-hydrogen) atoms. The first-order valence-corrected chi connectivity index (χ1v) is 28.3. The molecule has 0 fully saturated rings. The Morgan fingerprint density at radius 1 is 0.318 bits per heavy atom. The second-order valence-corrected chi connectivity index (χ2v) is 19.6. The average molecular weight is 927 g/mol. The van der Waals surface area contributed by atoms with E-state index in [9.17, 15) is 19.2 Å². The highest BCUT2D eigenvalue weighted by atomic mass is 16.6. The minimum Gasteiger partial charge on any atom is -0.464 e. The van der Waals surface area contributed by atoms with Gasteiger partial charge >= 0.3 is 23.9 Å². The summed E-state index contributed by atoms with van der Waals surface area (Å²) in [4.78, 5) is 51.8. The zero-order valence-electron chi connectivity index (χ0n) is 43.9. The van der Waals surface area contributed by atoms with Crippen molar-refractivity contribution in [2.45, 2.75) is 297 Å². The van der Waals surface area contributed by atoms with E-state index in [1.54, 1.807) is 6.92 Å². The van der Waals surface area contributed by atoms with E-state index in [4.69, 9.17) is 14.2 Å². The van der Waals surface area contributed by atoms with E-state index in [-0.39, 0.29) is 32.5 Å². The quantitative estimate of drug-likeness (QED) is 0.0197. The predicted molar refractivity (Wildman–Crippen MR) is 279 cm³/mol. The van der Waals surface area contributed by atoms with Gasteiger partial charge in [0.2, 0.25) is 0 Å². The second-order valence-electron chi connectivity index (χ2n) is 19.6. The molecule has 0 spiro atoms. The van der Waals surface area contributed by atoms with Crippen LogP contribution in [0.2, 0.25) is 0 Å². The van der Waals surface area contributed by atoms with Crippen molar-refractivity contribution in [3.05, 3.63) is 36.5 Å². The van der Waals surface area contributed by atoms with Crippen LogP contribution in [0, 0.1) is 5.41 Å². The lowest BCUT2D eigenvalue weighted by atomic mass is 9.93. The molecule has 384 valence electrons. The number of esters is 4. The highest BCUT2D eigenvalue weighted by Gasteiger charge is 2.40. The van der Waals surface area contributed by atoms with E-state index in [0.29, 0.717) is 19.3 Å². The maximum absolute atomic E-state index is 13.4. The van der Waals surface area contributed by atoms with Crippen molar-refractivity contribution in [2.24, 2.45) is 5.41 Å². The maximum atomic E-state index is 13.4. The van der Waals surface area contributed by atoms with Crippen LogP contribution in [0.3, 0.4) is 0 Å². The number of hydrogen-bond acceptors (Lipinski definition) is 7. The number of unbranched alkanes of at least 4 members (excludes halogenated alkanes) is 33. The third kappa shape index (κ3) is 45.1. The van der Waals surface area contributed by atoms with Crippen LogP contribution in [0.1, 0.15) is 297 Å².